The molecular weight excluding hydrogens is 260 g/mol. The minimum absolute atomic E-state index is 0.106. The smallest absolute Gasteiger partial charge is 0.282 e. The molecule has 0 unspecified atom stereocenters. The van der Waals surface area contributed by atoms with E-state index in [-0.39, 0.29) is 4.90 Å². The number of hydrogen-bond donors (Lipinski definition) is 1. The molecule has 17 heavy (non-hydrogen) atoms. The van der Waals surface area contributed by atoms with Gasteiger partial charge in [0, 0.05) is 10.4 Å². The Bertz CT molecular complexity index is 725. The minimum Gasteiger partial charge on any atom is -0.282 e. The van der Waals surface area contributed by atoms with Gasteiger partial charge in [0.15, 0.2) is 0 Å². The van der Waals surface area contributed by atoms with Gasteiger partial charge in [-0.3, -0.25) is 4.55 Å². The van der Waals surface area contributed by atoms with Gasteiger partial charge in [0.1, 0.15) is 4.90 Å². The summed E-state index contributed by atoms with van der Waals surface area (Å²) in [5.74, 6) is 0. The van der Waals surface area contributed by atoms with E-state index < -0.39 is 10.1 Å². The summed E-state index contributed by atoms with van der Waals surface area (Å²) in [6.45, 7) is 0. The molecule has 0 aliphatic heterocycles. The van der Waals surface area contributed by atoms with Gasteiger partial charge in [-0.05, 0) is 41.5 Å². The molecule has 1 aliphatic rings. The fourth-order valence-corrected chi connectivity index (χ4v) is 3.50. The van der Waals surface area contributed by atoms with E-state index in [0.717, 1.165) is 29.4 Å². The van der Waals surface area contributed by atoms with Gasteiger partial charge < -0.3 is 0 Å². The van der Waals surface area contributed by atoms with E-state index in [1.807, 2.05) is 6.07 Å². The molecule has 3 nitrogen and oxygen atoms in total. The lowest BCUT2D eigenvalue weighted by atomic mass is 10.1. The molecule has 0 atom stereocenters. The quantitative estimate of drug-likeness (QED) is 0.809. The molecule has 0 saturated carbocycles. The van der Waals surface area contributed by atoms with Crippen molar-refractivity contribution in [2.75, 3.05) is 0 Å². The Hall–Kier alpha value is -1.10. The largest absolute Gasteiger partial charge is 0.295 e. The van der Waals surface area contributed by atoms with Crippen molar-refractivity contribution in [3.05, 3.63) is 40.4 Å². The second kappa shape index (κ2) is 3.45. The molecule has 0 radical (unpaired) electrons. The number of benzene rings is 2. The molecule has 0 bridgehead atoms. The Labute approximate surface area is 104 Å². The lowest BCUT2D eigenvalue weighted by molar-refractivity contribution is 0.484. The zero-order chi connectivity index (χ0) is 12.2. The van der Waals surface area contributed by atoms with E-state index >= 15 is 0 Å². The normalized spacial score (nSPS) is 14.5. The van der Waals surface area contributed by atoms with Crippen LogP contribution in [0.5, 0.6) is 0 Å². The Kier molecular flexibility index (Phi) is 2.23. The lowest BCUT2D eigenvalue weighted by Crippen LogP contribution is -2.00. The van der Waals surface area contributed by atoms with Crippen molar-refractivity contribution in [3.8, 4) is 0 Å². The fraction of sp³-hybridized carbons (Fsp3) is 0.167. The minimum atomic E-state index is -4.24. The Morgan fingerprint density at radius 3 is 2.18 bits per heavy atom. The molecule has 88 valence electrons. The zero-order valence-corrected chi connectivity index (χ0v) is 10.3. The molecular formula is C12H9ClO3S. The standard InChI is InChI=1S/C12H9ClO3S/c13-9-5-3-7-1-2-8-4-6-10(17(14,15)16)12(9)11(7)8/h3-6H,1-2H2,(H,14,15,16). The van der Waals surface area contributed by atoms with Gasteiger partial charge in [-0.1, -0.05) is 23.7 Å². The van der Waals surface area contributed by atoms with Crippen molar-refractivity contribution >= 4 is 32.5 Å². The van der Waals surface area contributed by atoms with E-state index in [0.29, 0.717) is 10.4 Å². The van der Waals surface area contributed by atoms with Gasteiger partial charge >= 0.3 is 0 Å². The molecule has 0 saturated heterocycles. The van der Waals surface area contributed by atoms with Crippen LogP contribution < -0.4 is 0 Å². The second-order valence-corrected chi connectivity index (χ2v) is 5.95. The van der Waals surface area contributed by atoms with E-state index in [1.165, 1.54) is 6.07 Å². The zero-order valence-electron chi connectivity index (χ0n) is 8.77. The number of rotatable bonds is 1. The van der Waals surface area contributed by atoms with Crippen LogP contribution in [0.15, 0.2) is 29.2 Å². The predicted molar refractivity (Wildman–Crippen MR) is 66.2 cm³/mol. The third kappa shape index (κ3) is 1.56. The lowest BCUT2D eigenvalue weighted by Gasteiger charge is -2.08. The van der Waals surface area contributed by atoms with Crippen molar-refractivity contribution in [1.82, 2.24) is 0 Å². The molecule has 5 heteroatoms. The first-order chi connectivity index (χ1) is 7.98. The van der Waals surface area contributed by atoms with Crippen molar-refractivity contribution < 1.29 is 13.0 Å². The van der Waals surface area contributed by atoms with Crippen LogP contribution in [-0.2, 0) is 23.0 Å². The topological polar surface area (TPSA) is 54.4 Å². The molecule has 3 rings (SSSR count). The summed E-state index contributed by atoms with van der Waals surface area (Å²) in [5, 5.41) is 1.69. The van der Waals surface area contributed by atoms with Crippen molar-refractivity contribution in [1.29, 1.82) is 0 Å². The van der Waals surface area contributed by atoms with E-state index in [4.69, 9.17) is 11.6 Å². The predicted octanol–water partition coefficient (Wildman–Crippen LogP) is 2.84. The van der Waals surface area contributed by atoms with E-state index in [1.54, 1.807) is 12.1 Å². The van der Waals surface area contributed by atoms with Gasteiger partial charge in [0.05, 0.1) is 0 Å². The monoisotopic (exact) mass is 268 g/mol. The highest BCUT2D eigenvalue weighted by molar-refractivity contribution is 7.86. The highest BCUT2D eigenvalue weighted by Crippen LogP contribution is 2.38. The molecule has 0 spiro atoms. The second-order valence-electron chi connectivity index (χ2n) is 4.15. The summed E-state index contributed by atoms with van der Waals surface area (Å²) in [4.78, 5) is -0.106. The van der Waals surface area contributed by atoms with Gasteiger partial charge in [0.25, 0.3) is 10.1 Å². The summed E-state index contributed by atoms with van der Waals surface area (Å²) in [7, 11) is -4.24. The molecule has 2 aromatic rings. The first-order valence-corrected chi connectivity index (χ1v) is 7.01. The molecule has 1 aliphatic carbocycles. The van der Waals surface area contributed by atoms with Gasteiger partial charge in [-0.25, -0.2) is 0 Å². The summed E-state index contributed by atoms with van der Waals surface area (Å²) in [6.07, 6.45) is 1.77. The molecule has 2 aromatic carbocycles. The highest BCUT2D eigenvalue weighted by Gasteiger charge is 2.22. The van der Waals surface area contributed by atoms with Gasteiger partial charge in [0.2, 0.25) is 0 Å². The van der Waals surface area contributed by atoms with E-state index in [2.05, 4.69) is 0 Å². The summed E-state index contributed by atoms with van der Waals surface area (Å²) < 4.78 is 31.9. The Morgan fingerprint density at radius 1 is 1.00 bits per heavy atom. The summed E-state index contributed by atoms with van der Waals surface area (Å²) in [6, 6.07) is 6.77. The average molecular weight is 269 g/mol. The third-order valence-electron chi connectivity index (χ3n) is 3.19. The molecule has 0 fully saturated rings. The average Bonchev–Trinajstić information content (AvgIpc) is 2.66. The Morgan fingerprint density at radius 2 is 1.59 bits per heavy atom. The third-order valence-corrected chi connectivity index (χ3v) is 4.40. The van der Waals surface area contributed by atoms with Crippen LogP contribution in [0.3, 0.4) is 0 Å². The number of hydrogen-bond acceptors (Lipinski definition) is 2. The van der Waals surface area contributed by atoms with Crippen LogP contribution in [0.25, 0.3) is 10.8 Å². The van der Waals surface area contributed by atoms with Crippen LogP contribution >= 0.6 is 11.6 Å². The summed E-state index contributed by atoms with van der Waals surface area (Å²) in [5.41, 5.74) is 2.18. The maximum Gasteiger partial charge on any atom is 0.295 e. The fourth-order valence-electron chi connectivity index (χ4n) is 2.47. The maximum absolute atomic E-state index is 11.3. The van der Waals surface area contributed by atoms with Gasteiger partial charge in [-0.2, -0.15) is 8.42 Å². The van der Waals surface area contributed by atoms with Crippen LogP contribution in [0.2, 0.25) is 5.02 Å². The van der Waals surface area contributed by atoms with Crippen molar-refractivity contribution in [3.63, 3.8) is 0 Å². The van der Waals surface area contributed by atoms with Crippen LogP contribution in [-0.4, -0.2) is 13.0 Å². The first-order valence-electron chi connectivity index (χ1n) is 5.19. The van der Waals surface area contributed by atoms with E-state index in [9.17, 15) is 13.0 Å². The molecule has 0 amide bonds. The van der Waals surface area contributed by atoms with Crippen LogP contribution in [0.1, 0.15) is 11.1 Å². The highest BCUT2D eigenvalue weighted by atomic mass is 35.5. The van der Waals surface area contributed by atoms with Crippen LogP contribution in [0, 0.1) is 0 Å². The summed E-state index contributed by atoms with van der Waals surface area (Å²) >= 11 is 6.06. The maximum atomic E-state index is 11.3. The SMILES string of the molecule is O=S(=O)(O)c1ccc2c3c(ccc(Cl)c13)CC2. The Balaban J connectivity index is 2.58. The number of aryl methyl sites for hydroxylation is 2. The van der Waals surface area contributed by atoms with Crippen molar-refractivity contribution in [2.24, 2.45) is 0 Å². The first kappa shape index (κ1) is 11.0. The number of halogens is 1. The molecule has 0 heterocycles. The molecule has 1 N–H and O–H groups in total. The van der Waals surface area contributed by atoms with Crippen molar-refractivity contribution in [2.45, 2.75) is 17.7 Å². The van der Waals surface area contributed by atoms with Crippen LogP contribution in [0.4, 0.5) is 0 Å². The van der Waals surface area contributed by atoms with Gasteiger partial charge in [-0.15, -0.1) is 0 Å². The molecule has 0 aromatic heterocycles.